The fourth-order valence-electron chi connectivity index (χ4n) is 1.09. The molecule has 2 rings (SSSR count). The standard InChI is InChI=1S/C7H10N4S/c1-2-10-4-6-3-7(12)8-5-11(6)9-10/h3-5,9,12H,2H2,1H3. The molecule has 2 aliphatic rings. The molecule has 0 fully saturated rings. The van der Waals surface area contributed by atoms with Crippen LogP contribution >= 0.6 is 12.6 Å². The first-order valence-corrected chi connectivity index (χ1v) is 4.23. The first kappa shape index (κ1) is 7.70. The monoisotopic (exact) mass is 182 g/mol. The van der Waals surface area contributed by atoms with Gasteiger partial charge in [-0.25, -0.2) is 10.0 Å². The molecule has 0 aromatic carbocycles. The molecule has 12 heavy (non-hydrogen) atoms. The lowest BCUT2D eigenvalue weighted by Gasteiger charge is -2.20. The van der Waals surface area contributed by atoms with Crippen LogP contribution in [-0.2, 0) is 0 Å². The van der Waals surface area contributed by atoms with Crippen LogP contribution in [0, 0.1) is 0 Å². The summed E-state index contributed by atoms with van der Waals surface area (Å²) in [6.07, 6.45) is 5.64. The number of nitrogens with zero attached hydrogens (tertiary/aromatic N) is 3. The highest BCUT2D eigenvalue weighted by molar-refractivity contribution is 7.84. The van der Waals surface area contributed by atoms with Crippen molar-refractivity contribution in [3.8, 4) is 0 Å². The van der Waals surface area contributed by atoms with Gasteiger partial charge in [0.15, 0.2) is 0 Å². The Morgan fingerprint density at radius 3 is 3.25 bits per heavy atom. The van der Waals surface area contributed by atoms with E-state index in [1.165, 1.54) is 0 Å². The first-order chi connectivity index (χ1) is 5.79. The van der Waals surface area contributed by atoms with E-state index in [1.54, 1.807) is 6.34 Å². The Morgan fingerprint density at radius 2 is 2.50 bits per heavy atom. The van der Waals surface area contributed by atoms with Gasteiger partial charge in [0.2, 0.25) is 0 Å². The van der Waals surface area contributed by atoms with Crippen LogP contribution in [-0.4, -0.2) is 22.9 Å². The van der Waals surface area contributed by atoms with Gasteiger partial charge < -0.3 is 0 Å². The van der Waals surface area contributed by atoms with Crippen LogP contribution in [0.15, 0.2) is 28.0 Å². The maximum Gasteiger partial charge on any atom is 0.113 e. The van der Waals surface area contributed by atoms with E-state index in [0.29, 0.717) is 0 Å². The molecule has 0 saturated carbocycles. The summed E-state index contributed by atoms with van der Waals surface area (Å²) in [6.45, 7) is 2.99. The third-order valence-electron chi connectivity index (χ3n) is 1.73. The lowest BCUT2D eigenvalue weighted by atomic mass is 10.4. The second-order valence-electron chi connectivity index (χ2n) is 2.56. The number of aliphatic imine (C=N–C) groups is 1. The Labute approximate surface area is 76.6 Å². The molecular formula is C7H10N4S. The third-order valence-corrected chi connectivity index (χ3v) is 1.97. The van der Waals surface area contributed by atoms with Gasteiger partial charge in [-0.2, -0.15) is 0 Å². The lowest BCUT2D eigenvalue weighted by molar-refractivity contribution is 0.204. The Hall–Kier alpha value is -0.940. The number of thiol groups is 1. The molecule has 0 saturated heterocycles. The minimum absolute atomic E-state index is 0.734. The molecule has 1 N–H and O–H groups in total. The van der Waals surface area contributed by atoms with Crippen molar-refractivity contribution < 1.29 is 0 Å². The summed E-state index contributed by atoms with van der Waals surface area (Å²) in [6, 6.07) is 0. The van der Waals surface area contributed by atoms with Gasteiger partial charge in [0.05, 0.1) is 10.7 Å². The van der Waals surface area contributed by atoms with Crippen molar-refractivity contribution in [3.05, 3.63) is 23.0 Å². The molecule has 0 bridgehead atoms. The number of hydrogen-bond donors (Lipinski definition) is 2. The van der Waals surface area contributed by atoms with Gasteiger partial charge in [0, 0.05) is 12.7 Å². The zero-order valence-corrected chi connectivity index (χ0v) is 7.62. The minimum Gasteiger partial charge on any atom is -0.296 e. The number of allylic oxidation sites excluding steroid dienone is 1. The summed E-state index contributed by atoms with van der Waals surface area (Å²) < 4.78 is 0. The Kier molecular flexibility index (Phi) is 1.82. The van der Waals surface area contributed by atoms with E-state index >= 15 is 0 Å². The highest BCUT2D eigenvalue weighted by Gasteiger charge is 2.18. The highest BCUT2D eigenvalue weighted by Crippen LogP contribution is 2.18. The molecule has 2 aliphatic heterocycles. The topological polar surface area (TPSA) is 30.9 Å². The molecule has 0 aliphatic carbocycles. The molecule has 0 aromatic heterocycles. The fraction of sp³-hybridized carbons (Fsp3) is 0.286. The molecule has 0 unspecified atom stereocenters. The SMILES string of the molecule is CCN1C=C2C=C(S)N=CN2N1. The van der Waals surface area contributed by atoms with E-state index in [1.807, 2.05) is 22.3 Å². The Morgan fingerprint density at radius 1 is 1.67 bits per heavy atom. The van der Waals surface area contributed by atoms with Crippen molar-refractivity contribution in [1.82, 2.24) is 15.6 Å². The van der Waals surface area contributed by atoms with Crippen molar-refractivity contribution >= 4 is 19.0 Å². The van der Waals surface area contributed by atoms with E-state index in [-0.39, 0.29) is 0 Å². The molecule has 0 aromatic rings. The summed E-state index contributed by atoms with van der Waals surface area (Å²) in [5.41, 5.74) is 4.18. The lowest BCUT2D eigenvalue weighted by Crippen LogP contribution is -2.39. The van der Waals surface area contributed by atoms with Crippen LogP contribution in [0.2, 0.25) is 0 Å². The summed E-state index contributed by atoms with van der Waals surface area (Å²) in [5, 5.41) is 4.56. The van der Waals surface area contributed by atoms with E-state index < -0.39 is 0 Å². The maximum absolute atomic E-state index is 4.15. The summed E-state index contributed by atoms with van der Waals surface area (Å²) >= 11 is 4.15. The van der Waals surface area contributed by atoms with Gasteiger partial charge in [-0.05, 0) is 13.0 Å². The number of rotatable bonds is 1. The molecule has 64 valence electrons. The average Bonchev–Trinajstić information content (AvgIpc) is 2.46. The fourth-order valence-corrected chi connectivity index (χ4v) is 1.28. The van der Waals surface area contributed by atoms with E-state index in [4.69, 9.17) is 0 Å². The molecule has 0 amide bonds. The van der Waals surface area contributed by atoms with Crippen molar-refractivity contribution in [2.75, 3.05) is 6.54 Å². The quantitative estimate of drug-likeness (QED) is 0.585. The van der Waals surface area contributed by atoms with Crippen LogP contribution in [0.4, 0.5) is 0 Å². The van der Waals surface area contributed by atoms with Crippen molar-refractivity contribution in [3.63, 3.8) is 0 Å². The zero-order valence-electron chi connectivity index (χ0n) is 6.73. The molecule has 0 radical (unpaired) electrons. The molecule has 4 nitrogen and oxygen atoms in total. The number of hydrogen-bond acceptors (Lipinski definition) is 5. The highest BCUT2D eigenvalue weighted by atomic mass is 32.1. The van der Waals surface area contributed by atoms with Crippen LogP contribution < -0.4 is 5.53 Å². The van der Waals surface area contributed by atoms with Gasteiger partial charge in [-0.1, -0.05) is 0 Å². The van der Waals surface area contributed by atoms with Gasteiger partial charge in [0.25, 0.3) is 0 Å². The molecular weight excluding hydrogens is 172 g/mol. The number of fused-ring (bicyclic) bond motifs is 1. The van der Waals surface area contributed by atoms with Crippen molar-refractivity contribution in [1.29, 1.82) is 0 Å². The number of nitrogens with one attached hydrogen (secondary N) is 1. The first-order valence-electron chi connectivity index (χ1n) is 3.78. The maximum atomic E-state index is 4.15. The van der Waals surface area contributed by atoms with E-state index in [0.717, 1.165) is 17.3 Å². The normalized spacial score (nSPS) is 20.8. The van der Waals surface area contributed by atoms with E-state index in [9.17, 15) is 0 Å². The van der Waals surface area contributed by atoms with Crippen molar-refractivity contribution in [2.24, 2.45) is 4.99 Å². The Balaban J connectivity index is 2.22. The van der Waals surface area contributed by atoms with Gasteiger partial charge in [0.1, 0.15) is 6.34 Å². The van der Waals surface area contributed by atoms with Crippen LogP contribution in [0.1, 0.15) is 6.92 Å². The predicted octanol–water partition coefficient (Wildman–Crippen LogP) is 0.698. The second kappa shape index (κ2) is 2.84. The van der Waals surface area contributed by atoms with Crippen LogP contribution in [0.3, 0.4) is 0 Å². The largest absolute Gasteiger partial charge is 0.296 e. The van der Waals surface area contributed by atoms with Gasteiger partial charge >= 0.3 is 0 Å². The minimum atomic E-state index is 0.734. The summed E-state index contributed by atoms with van der Waals surface area (Å²) in [7, 11) is 0. The van der Waals surface area contributed by atoms with Crippen LogP contribution in [0.5, 0.6) is 0 Å². The van der Waals surface area contributed by atoms with Crippen molar-refractivity contribution in [2.45, 2.75) is 6.92 Å². The second-order valence-corrected chi connectivity index (χ2v) is 3.02. The average molecular weight is 182 g/mol. The van der Waals surface area contributed by atoms with Gasteiger partial charge in [-0.15, -0.1) is 18.2 Å². The summed E-state index contributed by atoms with van der Waals surface area (Å²) in [5.74, 6) is 0. The molecule has 5 heteroatoms. The zero-order chi connectivity index (χ0) is 8.55. The smallest absolute Gasteiger partial charge is 0.113 e. The number of hydrazine groups is 2. The molecule has 0 spiro atoms. The Bertz CT molecular complexity index is 281. The third kappa shape index (κ3) is 1.21. The van der Waals surface area contributed by atoms with Gasteiger partial charge in [-0.3, -0.25) is 5.01 Å². The molecule has 0 atom stereocenters. The van der Waals surface area contributed by atoms with Crippen LogP contribution in [0.25, 0.3) is 0 Å². The molecule has 2 heterocycles. The van der Waals surface area contributed by atoms with E-state index in [2.05, 4.69) is 30.1 Å². The predicted molar refractivity (Wildman–Crippen MR) is 51.0 cm³/mol. The summed E-state index contributed by atoms with van der Waals surface area (Å²) in [4.78, 5) is 4.04.